The van der Waals surface area contributed by atoms with Gasteiger partial charge in [0.1, 0.15) is 12.2 Å². The van der Waals surface area contributed by atoms with Gasteiger partial charge in [0, 0.05) is 12.2 Å². The number of aliphatic hydroxyl groups is 2. The quantitative estimate of drug-likeness (QED) is 0.477. The summed E-state index contributed by atoms with van der Waals surface area (Å²) in [6.07, 6.45) is 1.71. The molecule has 6 heteroatoms. The maximum Gasteiger partial charge on any atom is 0.331 e. The van der Waals surface area contributed by atoms with Crippen molar-refractivity contribution in [2.45, 2.75) is 38.9 Å². The lowest BCUT2D eigenvalue weighted by Crippen LogP contribution is -2.21. The van der Waals surface area contributed by atoms with Crippen LogP contribution in [-0.4, -0.2) is 47.6 Å². The van der Waals surface area contributed by atoms with Crippen LogP contribution in [0.1, 0.15) is 26.7 Å². The van der Waals surface area contributed by atoms with Crippen molar-refractivity contribution in [1.82, 2.24) is 0 Å². The minimum absolute atomic E-state index is 0.261. The lowest BCUT2D eigenvalue weighted by Gasteiger charge is -2.12. The van der Waals surface area contributed by atoms with Gasteiger partial charge in [-0.15, -0.1) is 0 Å². The number of esters is 2. The average molecular weight is 260 g/mol. The normalized spacial score (nSPS) is 14.2. The van der Waals surface area contributed by atoms with Gasteiger partial charge in [0.25, 0.3) is 0 Å². The Morgan fingerprint density at radius 1 is 0.944 bits per heavy atom. The minimum atomic E-state index is -0.718. The van der Waals surface area contributed by atoms with Crippen LogP contribution in [0.15, 0.2) is 12.2 Å². The maximum atomic E-state index is 11.2. The maximum absolute atomic E-state index is 11.2. The molecule has 6 nitrogen and oxygen atoms in total. The average Bonchev–Trinajstić information content (AvgIpc) is 2.39. The first-order chi connectivity index (χ1) is 8.57. The Morgan fingerprint density at radius 2 is 1.28 bits per heavy atom. The molecule has 0 aromatic carbocycles. The second-order valence-corrected chi connectivity index (χ2v) is 3.63. The van der Waals surface area contributed by atoms with Crippen LogP contribution in [0.5, 0.6) is 0 Å². The molecule has 2 unspecified atom stereocenters. The van der Waals surface area contributed by atoms with Gasteiger partial charge >= 0.3 is 11.9 Å². The fourth-order valence-corrected chi connectivity index (χ4v) is 1.04. The predicted octanol–water partition coefficient (Wildman–Crippen LogP) is 0.171. The molecule has 2 N–H and O–H groups in total. The lowest BCUT2D eigenvalue weighted by molar-refractivity contribution is -0.147. The first kappa shape index (κ1) is 16.6. The van der Waals surface area contributed by atoms with E-state index in [1.165, 1.54) is 0 Å². The summed E-state index contributed by atoms with van der Waals surface area (Å²) >= 11 is 0. The molecule has 0 amide bonds. The molecule has 0 saturated heterocycles. The molecule has 0 spiro atoms. The molecule has 0 radical (unpaired) electrons. The summed E-state index contributed by atoms with van der Waals surface area (Å²) in [6.45, 7) is 3.00. The Labute approximate surface area is 106 Å². The van der Waals surface area contributed by atoms with E-state index in [9.17, 15) is 9.59 Å². The number of hydrogen-bond donors (Lipinski definition) is 2. The van der Waals surface area contributed by atoms with Crippen molar-refractivity contribution >= 4 is 11.9 Å². The summed E-state index contributed by atoms with van der Waals surface area (Å²) in [5.41, 5.74) is 0. The van der Waals surface area contributed by atoms with Crippen LogP contribution >= 0.6 is 0 Å². The number of aliphatic hydroxyl groups excluding tert-OH is 2. The van der Waals surface area contributed by atoms with Crippen molar-refractivity contribution in [3.8, 4) is 0 Å². The van der Waals surface area contributed by atoms with Crippen LogP contribution in [0.3, 0.4) is 0 Å². The Bertz CT molecular complexity index is 250. The van der Waals surface area contributed by atoms with E-state index in [2.05, 4.69) is 0 Å². The third-order valence-electron chi connectivity index (χ3n) is 2.24. The number of ether oxygens (including phenoxy) is 2. The number of hydrogen-bond acceptors (Lipinski definition) is 6. The molecule has 0 aliphatic carbocycles. The SMILES string of the molecule is CCC(CO)OC(=O)/C=C/C(=O)OC(CC)CO. The molecule has 0 saturated carbocycles. The Morgan fingerprint density at radius 3 is 1.50 bits per heavy atom. The highest BCUT2D eigenvalue weighted by Gasteiger charge is 2.11. The molecule has 0 heterocycles. The fraction of sp³-hybridized carbons (Fsp3) is 0.667. The largest absolute Gasteiger partial charge is 0.457 e. The van der Waals surface area contributed by atoms with Crippen LogP contribution in [0, 0.1) is 0 Å². The van der Waals surface area contributed by atoms with E-state index >= 15 is 0 Å². The van der Waals surface area contributed by atoms with E-state index in [0.29, 0.717) is 12.8 Å². The van der Waals surface area contributed by atoms with Gasteiger partial charge in [0.15, 0.2) is 0 Å². The Balaban J connectivity index is 4.13. The highest BCUT2D eigenvalue weighted by atomic mass is 16.6. The number of carbonyl (C=O) groups is 2. The van der Waals surface area contributed by atoms with Gasteiger partial charge in [0.05, 0.1) is 13.2 Å². The van der Waals surface area contributed by atoms with Gasteiger partial charge < -0.3 is 19.7 Å². The van der Waals surface area contributed by atoms with Gasteiger partial charge in [-0.1, -0.05) is 13.8 Å². The van der Waals surface area contributed by atoms with Crippen LogP contribution in [0.4, 0.5) is 0 Å². The molecule has 0 aliphatic heterocycles. The lowest BCUT2D eigenvalue weighted by atomic mass is 10.3. The summed E-state index contributed by atoms with van der Waals surface area (Å²) in [6, 6.07) is 0. The third kappa shape index (κ3) is 7.03. The van der Waals surface area contributed by atoms with Crippen LogP contribution in [-0.2, 0) is 19.1 Å². The Hall–Kier alpha value is -1.40. The summed E-state index contributed by atoms with van der Waals surface area (Å²) in [7, 11) is 0. The van der Waals surface area contributed by atoms with Crippen molar-refractivity contribution in [3.63, 3.8) is 0 Å². The zero-order valence-corrected chi connectivity index (χ0v) is 10.7. The van der Waals surface area contributed by atoms with Crippen molar-refractivity contribution in [2.24, 2.45) is 0 Å². The standard InChI is InChI=1S/C12H20O6/c1-3-9(7-13)17-11(15)5-6-12(16)18-10(4-2)8-14/h5-6,9-10,13-14H,3-4,7-8H2,1-2H3/b6-5+. The molecule has 0 fully saturated rings. The summed E-state index contributed by atoms with van der Waals surface area (Å²) in [4.78, 5) is 22.4. The van der Waals surface area contributed by atoms with Gasteiger partial charge in [0.2, 0.25) is 0 Å². The number of rotatable bonds is 8. The van der Waals surface area contributed by atoms with E-state index in [1.54, 1.807) is 13.8 Å². The van der Waals surface area contributed by atoms with Gasteiger partial charge in [-0.25, -0.2) is 9.59 Å². The second-order valence-electron chi connectivity index (χ2n) is 3.63. The summed E-state index contributed by atoms with van der Waals surface area (Å²) in [5.74, 6) is -1.44. The van der Waals surface area contributed by atoms with Crippen LogP contribution in [0.2, 0.25) is 0 Å². The number of carbonyl (C=O) groups excluding carboxylic acids is 2. The second kappa shape index (κ2) is 9.61. The van der Waals surface area contributed by atoms with E-state index in [1.807, 2.05) is 0 Å². The smallest absolute Gasteiger partial charge is 0.331 e. The third-order valence-corrected chi connectivity index (χ3v) is 2.24. The molecule has 0 bridgehead atoms. The molecule has 0 rings (SSSR count). The highest BCUT2D eigenvalue weighted by molar-refractivity contribution is 5.91. The van der Waals surface area contributed by atoms with Crippen molar-refractivity contribution in [3.05, 3.63) is 12.2 Å². The minimum Gasteiger partial charge on any atom is -0.457 e. The monoisotopic (exact) mass is 260 g/mol. The van der Waals surface area contributed by atoms with E-state index < -0.39 is 24.1 Å². The zero-order chi connectivity index (χ0) is 14.0. The van der Waals surface area contributed by atoms with E-state index in [4.69, 9.17) is 19.7 Å². The van der Waals surface area contributed by atoms with Crippen LogP contribution < -0.4 is 0 Å². The molecular formula is C12H20O6. The van der Waals surface area contributed by atoms with Gasteiger partial charge in [-0.05, 0) is 12.8 Å². The molecule has 0 aromatic rings. The van der Waals surface area contributed by atoms with Crippen molar-refractivity contribution in [1.29, 1.82) is 0 Å². The Kier molecular flexibility index (Phi) is 8.86. The van der Waals surface area contributed by atoms with Gasteiger partial charge in [-0.2, -0.15) is 0 Å². The van der Waals surface area contributed by atoms with E-state index in [0.717, 1.165) is 12.2 Å². The molecule has 2 atom stereocenters. The summed E-state index contributed by atoms with van der Waals surface area (Å²) < 4.78 is 9.65. The molecule has 18 heavy (non-hydrogen) atoms. The summed E-state index contributed by atoms with van der Waals surface area (Å²) in [5, 5.41) is 17.6. The predicted molar refractivity (Wildman–Crippen MR) is 63.7 cm³/mol. The molecule has 0 aromatic heterocycles. The molecular weight excluding hydrogens is 240 g/mol. The van der Waals surface area contributed by atoms with Crippen LogP contribution in [0.25, 0.3) is 0 Å². The molecule has 104 valence electrons. The highest BCUT2D eigenvalue weighted by Crippen LogP contribution is 2.00. The topological polar surface area (TPSA) is 93.1 Å². The fourth-order valence-electron chi connectivity index (χ4n) is 1.04. The first-order valence-corrected chi connectivity index (χ1v) is 5.88. The first-order valence-electron chi connectivity index (χ1n) is 5.88. The molecule has 0 aliphatic rings. The van der Waals surface area contributed by atoms with Gasteiger partial charge in [-0.3, -0.25) is 0 Å². The zero-order valence-electron chi connectivity index (χ0n) is 10.7. The van der Waals surface area contributed by atoms with Crippen molar-refractivity contribution in [2.75, 3.05) is 13.2 Å². The van der Waals surface area contributed by atoms with E-state index in [-0.39, 0.29) is 13.2 Å². The van der Waals surface area contributed by atoms with Crippen molar-refractivity contribution < 1.29 is 29.3 Å².